The van der Waals surface area contributed by atoms with Crippen molar-refractivity contribution in [2.75, 3.05) is 5.73 Å². The molecule has 0 amide bonds. The minimum Gasteiger partial charge on any atom is -0.489 e. The fourth-order valence-corrected chi connectivity index (χ4v) is 3.12. The van der Waals surface area contributed by atoms with Gasteiger partial charge in [0.1, 0.15) is 12.4 Å². The molecule has 0 saturated heterocycles. The number of carbonyl (C=O) groups excluding carboxylic acids is 1. The zero-order chi connectivity index (χ0) is 16.2. The number of ketones is 1. The lowest BCUT2D eigenvalue weighted by molar-refractivity contribution is 0.103. The molecule has 0 aliphatic heterocycles. The van der Waals surface area contributed by atoms with E-state index >= 15 is 0 Å². The van der Waals surface area contributed by atoms with Gasteiger partial charge in [-0.3, -0.25) is 4.79 Å². The standard InChI is InChI=1S/C18H14ClNO2S/c19-14-8-6-12(7-9-14)17(21)16-13(11-23-18(16)20)10-22-15-4-2-1-3-5-15/h1-9,11H,10,20H2. The molecule has 0 atom stereocenters. The van der Waals surface area contributed by atoms with E-state index in [0.29, 0.717) is 27.8 Å². The Morgan fingerprint density at radius 2 is 1.78 bits per heavy atom. The van der Waals surface area contributed by atoms with Gasteiger partial charge in [-0.2, -0.15) is 0 Å². The van der Waals surface area contributed by atoms with Crippen molar-refractivity contribution in [3.63, 3.8) is 0 Å². The number of rotatable bonds is 5. The van der Waals surface area contributed by atoms with Gasteiger partial charge in [0, 0.05) is 21.5 Å². The predicted molar refractivity (Wildman–Crippen MR) is 94.4 cm³/mol. The Morgan fingerprint density at radius 3 is 2.48 bits per heavy atom. The van der Waals surface area contributed by atoms with E-state index in [1.54, 1.807) is 24.3 Å². The molecule has 5 heteroatoms. The summed E-state index contributed by atoms with van der Waals surface area (Å²) in [6.45, 7) is 0.298. The lowest BCUT2D eigenvalue weighted by Gasteiger charge is -2.08. The highest BCUT2D eigenvalue weighted by molar-refractivity contribution is 7.14. The number of hydrogen-bond acceptors (Lipinski definition) is 4. The van der Waals surface area contributed by atoms with Gasteiger partial charge in [-0.1, -0.05) is 29.8 Å². The number of ether oxygens (including phenoxy) is 1. The van der Waals surface area contributed by atoms with E-state index in [0.717, 1.165) is 11.3 Å². The number of halogens is 1. The normalized spacial score (nSPS) is 10.5. The lowest BCUT2D eigenvalue weighted by atomic mass is 10.0. The van der Waals surface area contributed by atoms with Gasteiger partial charge >= 0.3 is 0 Å². The van der Waals surface area contributed by atoms with E-state index in [1.807, 2.05) is 35.7 Å². The molecule has 0 aliphatic rings. The second-order valence-corrected chi connectivity index (χ2v) is 6.29. The molecule has 1 heterocycles. The van der Waals surface area contributed by atoms with Crippen molar-refractivity contribution in [2.24, 2.45) is 0 Å². The van der Waals surface area contributed by atoms with Crippen molar-refractivity contribution in [3.05, 3.63) is 81.7 Å². The quantitative estimate of drug-likeness (QED) is 0.677. The molecule has 3 nitrogen and oxygen atoms in total. The third kappa shape index (κ3) is 3.55. The maximum Gasteiger partial charge on any atom is 0.196 e. The fourth-order valence-electron chi connectivity index (χ4n) is 2.20. The molecular formula is C18H14ClNO2S. The Morgan fingerprint density at radius 1 is 1.09 bits per heavy atom. The Hall–Kier alpha value is -2.30. The first kappa shape index (κ1) is 15.6. The second kappa shape index (κ2) is 6.86. The van der Waals surface area contributed by atoms with Gasteiger partial charge in [-0.15, -0.1) is 11.3 Å². The minimum atomic E-state index is -0.118. The summed E-state index contributed by atoms with van der Waals surface area (Å²) in [5.74, 6) is 0.634. The van der Waals surface area contributed by atoms with Gasteiger partial charge in [0.15, 0.2) is 5.78 Å². The number of benzene rings is 2. The third-order valence-electron chi connectivity index (χ3n) is 3.37. The molecule has 0 spiro atoms. The summed E-state index contributed by atoms with van der Waals surface area (Å²) in [6.07, 6.45) is 0. The SMILES string of the molecule is Nc1scc(COc2ccccc2)c1C(=O)c1ccc(Cl)cc1. The highest BCUT2D eigenvalue weighted by Gasteiger charge is 2.19. The van der Waals surface area contributed by atoms with Crippen molar-refractivity contribution in [2.45, 2.75) is 6.61 Å². The monoisotopic (exact) mass is 343 g/mol. The average Bonchev–Trinajstić information content (AvgIpc) is 2.95. The maximum atomic E-state index is 12.7. The summed E-state index contributed by atoms with van der Waals surface area (Å²) >= 11 is 7.21. The van der Waals surface area contributed by atoms with Crippen LogP contribution in [0.2, 0.25) is 5.02 Å². The lowest BCUT2D eigenvalue weighted by Crippen LogP contribution is -2.07. The van der Waals surface area contributed by atoms with Crippen LogP contribution < -0.4 is 10.5 Å². The van der Waals surface area contributed by atoms with E-state index < -0.39 is 0 Å². The Kier molecular flexibility index (Phi) is 4.65. The summed E-state index contributed by atoms with van der Waals surface area (Å²) in [5, 5.41) is 2.95. The molecule has 0 fully saturated rings. The Labute approximate surface area is 143 Å². The largest absolute Gasteiger partial charge is 0.489 e. The molecule has 2 N–H and O–H groups in total. The minimum absolute atomic E-state index is 0.118. The van der Waals surface area contributed by atoms with E-state index in [4.69, 9.17) is 22.1 Å². The van der Waals surface area contributed by atoms with Crippen molar-refractivity contribution in [1.82, 2.24) is 0 Å². The van der Waals surface area contributed by atoms with Crippen LogP contribution in [-0.4, -0.2) is 5.78 Å². The van der Waals surface area contributed by atoms with Crippen LogP contribution in [0, 0.1) is 0 Å². The van der Waals surface area contributed by atoms with E-state index in [9.17, 15) is 4.79 Å². The molecule has 0 unspecified atom stereocenters. The van der Waals surface area contributed by atoms with Crippen molar-refractivity contribution in [1.29, 1.82) is 0 Å². The number of para-hydroxylation sites is 1. The number of carbonyl (C=O) groups is 1. The van der Waals surface area contributed by atoms with Crippen LogP contribution in [0.5, 0.6) is 5.75 Å². The van der Waals surface area contributed by atoms with Crippen molar-refractivity contribution < 1.29 is 9.53 Å². The first-order valence-electron chi connectivity index (χ1n) is 6.99. The molecule has 1 aromatic heterocycles. The van der Waals surface area contributed by atoms with Gasteiger partial charge in [0.2, 0.25) is 0 Å². The van der Waals surface area contributed by atoms with Crippen molar-refractivity contribution >= 4 is 33.7 Å². The van der Waals surface area contributed by atoms with Crippen LogP contribution in [-0.2, 0) is 6.61 Å². The molecule has 0 aliphatic carbocycles. The average molecular weight is 344 g/mol. The van der Waals surface area contributed by atoms with Crippen LogP contribution in [0.1, 0.15) is 21.5 Å². The first-order chi connectivity index (χ1) is 11.1. The number of hydrogen-bond donors (Lipinski definition) is 1. The van der Waals surface area contributed by atoms with E-state index in [1.165, 1.54) is 11.3 Å². The van der Waals surface area contributed by atoms with Crippen LogP contribution in [0.25, 0.3) is 0 Å². The predicted octanol–water partition coefficient (Wildman–Crippen LogP) is 4.79. The number of nitrogen functional groups attached to an aromatic ring is 1. The molecule has 2 aromatic carbocycles. The molecule has 116 valence electrons. The molecule has 23 heavy (non-hydrogen) atoms. The molecule has 0 bridgehead atoms. The number of anilines is 1. The molecule has 0 saturated carbocycles. The molecular weight excluding hydrogens is 330 g/mol. The van der Waals surface area contributed by atoms with Crippen LogP contribution in [0.3, 0.4) is 0 Å². The summed E-state index contributed by atoms with van der Waals surface area (Å²) < 4.78 is 5.73. The number of thiophene rings is 1. The summed E-state index contributed by atoms with van der Waals surface area (Å²) in [7, 11) is 0. The maximum absolute atomic E-state index is 12.7. The summed E-state index contributed by atoms with van der Waals surface area (Å²) in [4.78, 5) is 12.7. The van der Waals surface area contributed by atoms with Crippen molar-refractivity contribution in [3.8, 4) is 5.75 Å². The zero-order valence-corrected chi connectivity index (χ0v) is 13.7. The van der Waals surface area contributed by atoms with Crippen LogP contribution in [0.4, 0.5) is 5.00 Å². The fraction of sp³-hybridized carbons (Fsp3) is 0.0556. The Balaban J connectivity index is 1.83. The first-order valence-corrected chi connectivity index (χ1v) is 8.25. The molecule has 0 radical (unpaired) electrons. The van der Waals surface area contributed by atoms with Crippen LogP contribution >= 0.6 is 22.9 Å². The topological polar surface area (TPSA) is 52.3 Å². The summed E-state index contributed by atoms with van der Waals surface area (Å²) in [5.41, 5.74) is 7.85. The molecule has 3 aromatic rings. The van der Waals surface area contributed by atoms with Gasteiger partial charge < -0.3 is 10.5 Å². The molecule has 3 rings (SSSR count). The third-order valence-corrected chi connectivity index (χ3v) is 4.48. The smallest absolute Gasteiger partial charge is 0.196 e. The van der Waals surface area contributed by atoms with Gasteiger partial charge in [0.05, 0.1) is 10.6 Å². The van der Waals surface area contributed by atoms with E-state index in [-0.39, 0.29) is 5.78 Å². The van der Waals surface area contributed by atoms with E-state index in [2.05, 4.69) is 0 Å². The van der Waals surface area contributed by atoms with Gasteiger partial charge in [-0.25, -0.2) is 0 Å². The summed E-state index contributed by atoms with van der Waals surface area (Å²) in [6, 6.07) is 16.2. The second-order valence-electron chi connectivity index (χ2n) is 4.94. The Bertz CT molecular complexity index is 813. The van der Waals surface area contributed by atoms with Gasteiger partial charge in [-0.05, 0) is 36.4 Å². The zero-order valence-electron chi connectivity index (χ0n) is 12.2. The highest BCUT2D eigenvalue weighted by Crippen LogP contribution is 2.29. The number of nitrogens with two attached hydrogens (primary N) is 1. The highest BCUT2D eigenvalue weighted by atomic mass is 35.5. The van der Waals surface area contributed by atoms with Crippen LogP contribution in [0.15, 0.2) is 60.0 Å². The van der Waals surface area contributed by atoms with Gasteiger partial charge in [0.25, 0.3) is 0 Å².